The monoisotopic (exact) mass is 158 g/mol. The maximum Gasteiger partial charge on any atom is 0.367 e. The molecule has 0 aromatic heterocycles. The molecule has 1 saturated heterocycles. The Hall–Kier alpha value is -0.440. The van der Waals surface area contributed by atoms with Gasteiger partial charge in [-0.25, -0.2) is 4.79 Å². The second-order valence-corrected chi connectivity index (χ2v) is 3.06. The van der Waals surface area contributed by atoms with Crippen LogP contribution < -0.4 is 0 Å². The van der Waals surface area contributed by atoms with Crippen LogP contribution in [0.4, 0.5) is 4.79 Å². The molecule has 0 saturated carbocycles. The third-order valence-corrected chi connectivity index (χ3v) is 2.16. The smallest absolute Gasteiger partial charge is 0.367 e. The van der Waals surface area contributed by atoms with Crippen LogP contribution in [0.2, 0.25) is 0 Å². The van der Waals surface area contributed by atoms with Gasteiger partial charge in [0.05, 0.1) is 0 Å². The van der Waals surface area contributed by atoms with Gasteiger partial charge < -0.3 is 4.74 Å². The van der Waals surface area contributed by atoms with E-state index in [1.165, 1.54) is 11.8 Å². The van der Waals surface area contributed by atoms with Crippen molar-refractivity contribution < 1.29 is 9.53 Å². The molecule has 0 amide bonds. The van der Waals surface area contributed by atoms with E-state index >= 15 is 0 Å². The van der Waals surface area contributed by atoms with E-state index in [4.69, 9.17) is 4.74 Å². The minimum Gasteiger partial charge on any atom is -0.453 e. The molecule has 0 aromatic rings. The lowest BCUT2D eigenvalue weighted by Crippen LogP contribution is -2.07. The summed E-state index contributed by atoms with van der Waals surface area (Å²) >= 11 is 1.26. The van der Waals surface area contributed by atoms with Crippen LogP contribution in [0.25, 0.3) is 0 Å². The molecule has 0 radical (unpaired) electrons. The topological polar surface area (TPSA) is 26.3 Å². The minimum atomic E-state index is -0.130. The Morgan fingerprint density at radius 3 is 3.20 bits per heavy atom. The maximum atomic E-state index is 10.5. The van der Waals surface area contributed by atoms with Gasteiger partial charge in [0.2, 0.25) is 0 Å². The second-order valence-electron chi connectivity index (χ2n) is 2.11. The van der Waals surface area contributed by atoms with Gasteiger partial charge in [-0.15, -0.1) is 0 Å². The van der Waals surface area contributed by atoms with Crippen molar-refractivity contribution in [3.8, 4) is 0 Å². The first-order valence-electron chi connectivity index (χ1n) is 3.27. The Morgan fingerprint density at radius 1 is 1.90 bits per heavy atom. The average molecular weight is 158 g/mol. The summed E-state index contributed by atoms with van der Waals surface area (Å²) in [4.78, 5) is 10.5. The molecule has 0 aliphatic carbocycles. The summed E-state index contributed by atoms with van der Waals surface area (Å²) < 4.78 is 4.94. The highest BCUT2D eigenvalue weighted by atomic mass is 32.2. The highest BCUT2D eigenvalue weighted by molar-refractivity contribution is 8.13. The van der Waals surface area contributed by atoms with Gasteiger partial charge in [-0.1, -0.05) is 12.2 Å². The number of thioether (sulfide) groups is 1. The summed E-state index contributed by atoms with van der Waals surface area (Å²) in [6.07, 6.45) is 4.96. The predicted molar refractivity (Wildman–Crippen MR) is 42.2 cm³/mol. The molecule has 1 rings (SSSR count). The van der Waals surface area contributed by atoms with E-state index < -0.39 is 0 Å². The largest absolute Gasteiger partial charge is 0.453 e. The van der Waals surface area contributed by atoms with Crippen molar-refractivity contribution in [2.75, 3.05) is 5.75 Å². The molecule has 2 nitrogen and oxygen atoms in total. The number of carbonyl (C=O) groups excluding carboxylic acids is 1. The van der Waals surface area contributed by atoms with Gasteiger partial charge in [0.1, 0.15) is 6.10 Å². The Bertz CT molecular complexity index is 154. The average Bonchev–Trinajstić information content (AvgIpc) is 2.31. The van der Waals surface area contributed by atoms with Crippen LogP contribution in [-0.4, -0.2) is 17.2 Å². The van der Waals surface area contributed by atoms with Gasteiger partial charge in [-0.05, 0) is 18.7 Å². The summed E-state index contributed by atoms with van der Waals surface area (Å²) in [7, 11) is 0. The van der Waals surface area contributed by atoms with E-state index in [0.29, 0.717) is 0 Å². The summed E-state index contributed by atoms with van der Waals surface area (Å²) in [5, 5.41) is -0.130. The van der Waals surface area contributed by atoms with E-state index in [1.54, 1.807) is 0 Å². The molecule has 1 heterocycles. The van der Waals surface area contributed by atoms with Crippen LogP contribution in [0, 0.1) is 0 Å². The van der Waals surface area contributed by atoms with Crippen LogP contribution in [0.5, 0.6) is 0 Å². The van der Waals surface area contributed by atoms with Crippen molar-refractivity contribution in [2.24, 2.45) is 0 Å². The molecule has 1 fully saturated rings. The van der Waals surface area contributed by atoms with Crippen LogP contribution in [0.3, 0.4) is 0 Å². The van der Waals surface area contributed by atoms with E-state index in [1.807, 2.05) is 19.1 Å². The molecule has 1 aliphatic heterocycles. The highest BCUT2D eigenvalue weighted by Crippen LogP contribution is 2.21. The quantitative estimate of drug-likeness (QED) is 0.455. The van der Waals surface area contributed by atoms with E-state index in [2.05, 4.69) is 0 Å². The summed E-state index contributed by atoms with van der Waals surface area (Å²) in [6, 6.07) is 0. The second kappa shape index (κ2) is 3.66. The first kappa shape index (κ1) is 7.66. The molecule has 10 heavy (non-hydrogen) atoms. The van der Waals surface area contributed by atoms with E-state index in [-0.39, 0.29) is 11.4 Å². The fourth-order valence-corrected chi connectivity index (χ4v) is 1.50. The Balaban J connectivity index is 2.24. The molecule has 1 atom stereocenters. The molecule has 0 bridgehead atoms. The fraction of sp³-hybridized carbons (Fsp3) is 0.571. The maximum absolute atomic E-state index is 10.5. The summed E-state index contributed by atoms with van der Waals surface area (Å²) in [6.45, 7) is 1.96. The number of rotatable bonds is 2. The zero-order chi connectivity index (χ0) is 7.40. The Labute approximate surface area is 64.6 Å². The van der Waals surface area contributed by atoms with Crippen LogP contribution in [0.1, 0.15) is 13.3 Å². The van der Waals surface area contributed by atoms with Gasteiger partial charge >= 0.3 is 5.30 Å². The molecule has 1 aliphatic rings. The zero-order valence-corrected chi connectivity index (χ0v) is 6.69. The molecule has 0 aromatic carbocycles. The Kier molecular flexibility index (Phi) is 2.81. The molecule has 0 N–H and O–H groups in total. The lowest BCUT2D eigenvalue weighted by molar-refractivity contribution is 0.145. The van der Waals surface area contributed by atoms with Crippen molar-refractivity contribution in [1.29, 1.82) is 0 Å². The van der Waals surface area contributed by atoms with Crippen LogP contribution >= 0.6 is 11.8 Å². The van der Waals surface area contributed by atoms with Gasteiger partial charge in [-0.3, -0.25) is 0 Å². The van der Waals surface area contributed by atoms with Crippen molar-refractivity contribution in [3.63, 3.8) is 0 Å². The predicted octanol–water partition coefficient (Wildman–Crippen LogP) is 2.20. The third kappa shape index (κ3) is 2.06. The SMILES string of the molecule is CC=CCC1CSC(=O)O1. The van der Waals surface area contributed by atoms with E-state index in [0.717, 1.165) is 12.2 Å². The lowest BCUT2D eigenvalue weighted by Gasteiger charge is -2.01. The number of hydrogen-bond acceptors (Lipinski definition) is 3. The summed E-state index contributed by atoms with van der Waals surface area (Å²) in [5.74, 6) is 0.809. The van der Waals surface area contributed by atoms with E-state index in [9.17, 15) is 4.79 Å². The van der Waals surface area contributed by atoms with Crippen molar-refractivity contribution in [3.05, 3.63) is 12.2 Å². The molecular weight excluding hydrogens is 148 g/mol. The third-order valence-electron chi connectivity index (χ3n) is 1.28. The van der Waals surface area contributed by atoms with Gasteiger partial charge in [0, 0.05) is 12.2 Å². The van der Waals surface area contributed by atoms with Crippen LogP contribution in [0.15, 0.2) is 12.2 Å². The van der Waals surface area contributed by atoms with Crippen molar-refractivity contribution in [1.82, 2.24) is 0 Å². The summed E-state index contributed by atoms with van der Waals surface area (Å²) in [5.41, 5.74) is 0. The standard InChI is InChI=1S/C7H10O2S/c1-2-3-4-6-5-10-7(8)9-6/h2-3,6H,4-5H2,1H3. The molecule has 56 valence electrons. The molecule has 0 spiro atoms. The number of hydrogen-bond donors (Lipinski definition) is 0. The minimum absolute atomic E-state index is 0.119. The Morgan fingerprint density at radius 2 is 2.70 bits per heavy atom. The normalized spacial score (nSPS) is 25.7. The van der Waals surface area contributed by atoms with Crippen LogP contribution in [-0.2, 0) is 4.74 Å². The first-order chi connectivity index (χ1) is 4.83. The lowest BCUT2D eigenvalue weighted by atomic mass is 10.3. The molecule has 1 unspecified atom stereocenters. The number of allylic oxidation sites excluding steroid dienone is 1. The van der Waals surface area contributed by atoms with Gasteiger partial charge in [-0.2, -0.15) is 0 Å². The number of carbonyl (C=O) groups is 1. The molecule has 3 heteroatoms. The molecular formula is C7H10O2S. The number of ether oxygens (including phenoxy) is 1. The van der Waals surface area contributed by atoms with Gasteiger partial charge in [0.25, 0.3) is 0 Å². The number of cyclic esters (lactones) is 1. The fourth-order valence-electron chi connectivity index (χ4n) is 0.769. The first-order valence-corrected chi connectivity index (χ1v) is 4.26. The van der Waals surface area contributed by atoms with Gasteiger partial charge in [0.15, 0.2) is 0 Å². The highest BCUT2D eigenvalue weighted by Gasteiger charge is 2.22. The van der Waals surface area contributed by atoms with Crippen molar-refractivity contribution in [2.45, 2.75) is 19.4 Å². The van der Waals surface area contributed by atoms with Crippen molar-refractivity contribution >= 4 is 17.1 Å². The zero-order valence-electron chi connectivity index (χ0n) is 5.87.